The van der Waals surface area contributed by atoms with E-state index in [2.05, 4.69) is 0 Å². The summed E-state index contributed by atoms with van der Waals surface area (Å²) in [7, 11) is -6.95. The summed E-state index contributed by atoms with van der Waals surface area (Å²) in [5, 5.41) is 2.69. The van der Waals surface area contributed by atoms with Crippen molar-refractivity contribution < 1.29 is 9.13 Å². The Morgan fingerprint density at radius 2 is 0.688 bits per heavy atom. The van der Waals surface area contributed by atoms with E-state index in [0.29, 0.717) is 21.2 Å². The Hall–Kier alpha value is -2.70. The molecule has 0 amide bonds. The van der Waals surface area contributed by atoms with Crippen LogP contribution in [0.15, 0.2) is 121 Å². The summed E-state index contributed by atoms with van der Waals surface area (Å²) in [6, 6.07) is 37.5. The van der Waals surface area contributed by atoms with Crippen LogP contribution in [-0.2, 0) is 9.13 Å². The van der Waals surface area contributed by atoms with Crippen molar-refractivity contribution in [1.29, 1.82) is 0 Å². The Labute approximate surface area is 190 Å². The lowest BCUT2D eigenvalue weighted by atomic mass is 10.4. The molecule has 0 bridgehead atoms. The largest absolute Gasteiger partial charge is 0.296 e. The highest BCUT2D eigenvalue weighted by atomic mass is 31.2. The minimum Gasteiger partial charge on any atom is -0.296 e. The van der Waals surface area contributed by atoms with Gasteiger partial charge in [0.1, 0.15) is 0 Å². The fourth-order valence-corrected chi connectivity index (χ4v) is 11.9. The van der Waals surface area contributed by atoms with E-state index < -0.39 is 14.6 Å². The standard InChI is InChI=1S/C27H27NO2P2/c1-23(2)28(31(29,24-15-7-3-8-16-24)25-17-9-4-10-18-25)32(30,26-19-11-5-12-20-26)27-21-13-6-14-22-27/h3-23H,1-2H3. The predicted octanol–water partition coefficient (Wildman–Crippen LogP) is 5.56. The second-order valence-corrected chi connectivity index (χ2v) is 13.5. The molecule has 4 aromatic rings. The number of hydrogen-bond donors (Lipinski definition) is 0. The van der Waals surface area contributed by atoms with E-state index in [1.54, 1.807) is 4.44 Å². The average Bonchev–Trinajstić information content (AvgIpc) is 2.86. The highest BCUT2D eigenvalue weighted by Crippen LogP contribution is 2.65. The summed E-state index contributed by atoms with van der Waals surface area (Å²) in [4.78, 5) is 0. The van der Waals surface area contributed by atoms with Gasteiger partial charge in [0.2, 0.25) is 14.6 Å². The molecule has 0 radical (unpaired) electrons. The molecule has 0 atom stereocenters. The normalized spacial score (nSPS) is 12.2. The quantitative estimate of drug-likeness (QED) is 0.340. The maximum absolute atomic E-state index is 15.3. The third-order valence-corrected chi connectivity index (χ3v) is 13.0. The van der Waals surface area contributed by atoms with Crippen molar-refractivity contribution in [3.63, 3.8) is 0 Å². The zero-order chi connectivity index (χ0) is 22.6. The molecule has 162 valence electrons. The second-order valence-electron chi connectivity index (χ2n) is 7.91. The van der Waals surface area contributed by atoms with E-state index in [1.165, 1.54) is 0 Å². The van der Waals surface area contributed by atoms with Gasteiger partial charge in [-0.1, -0.05) is 72.8 Å². The Morgan fingerprint density at radius 1 is 0.469 bits per heavy atom. The molecule has 4 rings (SSSR count). The lowest BCUT2D eigenvalue weighted by Crippen LogP contribution is -2.40. The molecule has 0 saturated carbocycles. The van der Waals surface area contributed by atoms with Crippen molar-refractivity contribution in [2.45, 2.75) is 19.9 Å². The third kappa shape index (κ3) is 3.93. The van der Waals surface area contributed by atoms with Crippen LogP contribution in [0.1, 0.15) is 13.8 Å². The van der Waals surface area contributed by atoms with Gasteiger partial charge < -0.3 is 0 Å². The first-order valence-electron chi connectivity index (χ1n) is 10.7. The predicted molar refractivity (Wildman–Crippen MR) is 136 cm³/mol. The van der Waals surface area contributed by atoms with Gasteiger partial charge >= 0.3 is 0 Å². The minimum absolute atomic E-state index is 0.257. The van der Waals surface area contributed by atoms with Crippen LogP contribution in [0.5, 0.6) is 0 Å². The Balaban J connectivity index is 2.09. The zero-order valence-electron chi connectivity index (χ0n) is 18.3. The first kappa shape index (κ1) is 22.5. The molecule has 0 aliphatic carbocycles. The van der Waals surface area contributed by atoms with Gasteiger partial charge in [-0.05, 0) is 62.4 Å². The van der Waals surface area contributed by atoms with Gasteiger partial charge in [0, 0.05) is 27.3 Å². The van der Waals surface area contributed by atoms with E-state index in [9.17, 15) is 0 Å². The fraction of sp³-hybridized carbons (Fsp3) is 0.111. The number of benzene rings is 4. The number of rotatable bonds is 7. The van der Waals surface area contributed by atoms with Crippen molar-refractivity contribution in [1.82, 2.24) is 4.44 Å². The molecular weight excluding hydrogens is 432 g/mol. The molecule has 0 saturated heterocycles. The summed E-state index contributed by atoms with van der Waals surface area (Å²) in [6.07, 6.45) is 0. The van der Waals surface area contributed by atoms with Gasteiger partial charge in [0.15, 0.2) is 0 Å². The Bertz CT molecular complexity index is 1060. The summed E-state index contributed by atoms with van der Waals surface area (Å²) < 4.78 is 32.4. The maximum Gasteiger partial charge on any atom is 0.213 e. The molecule has 0 aromatic heterocycles. The summed E-state index contributed by atoms with van der Waals surface area (Å²) in [5.41, 5.74) is 0. The second kappa shape index (κ2) is 9.43. The van der Waals surface area contributed by atoms with Gasteiger partial charge in [-0.2, -0.15) is 4.44 Å². The molecule has 3 nitrogen and oxygen atoms in total. The first-order chi connectivity index (χ1) is 15.5. The first-order valence-corrected chi connectivity index (χ1v) is 14.0. The van der Waals surface area contributed by atoms with Crippen molar-refractivity contribution in [3.8, 4) is 0 Å². The highest BCUT2D eigenvalue weighted by Gasteiger charge is 2.48. The highest BCUT2D eigenvalue weighted by molar-refractivity contribution is 7.90. The van der Waals surface area contributed by atoms with Gasteiger partial charge in [-0.3, -0.25) is 9.13 Å². The smallest absolute Gasteiger partial charge is 0.213 e. The topological polar surface area (TPSA) is 37.4 Å². The minimum atomic E-state index is -3.47. The zero-order valence-corrected chi connectivity index (χ0v) is 20.1. The van der Waals surface area contributed by atoms with Crippen LogP contribution in [0.4, 0.5) is 0 Å². The number of nitrogens with zero attached hydrogens (tertiary/aromatic N) is 1. The molecule has 0 N–H and O–H groups in total. The Kier molecular flexibility index (Phi) is 6.63. The molecule has 0 spiro atoms. The van der Waals surface area contributed by atoms with Crippen LogP contribution >= 0.6 is 14.6 Å². The van der Waals surface area contributed by atoms with Crippen molar-refractivity contribution >= 4 is 35.8 Å². The Morgan fingerprint density at radius 3 is 0.875 bits per heavy atom. The van der Waals surface area contributed by atoms with Crippen LogP contribution < -0.4 is 21.2 Å². The number of hydrogen-bond acceptors (Lipinski definition) is 2. The van der Waals surface area contributed by atoms with Crippen molar-refractivity contribution in [2.75, 3.05) is 0 Å². The van der Waals surface area contributed by atoms with Gasteiger partial charge in [0.25, 0.3) is 0 Å². The van der Waals surface area contributed by atoms with E-state index in [4.69, 9.17) is 0 Å². The molecular formula is C27H27NO2P2. The van der Waals surface area contributed by atoms with Crippen molar-refractivity contribution in [2.24, 2.45) is 0 Å². The summed E-state index contributed by atoms with van der Waals surface area (Å²) in [6.45, 7) is 3.94. The fourth-order valence-electron chi connectivity index (χ4n) is 4.12. The summed E-state index contributed by atoms with van der Waals surface area (Å²) >= 11 is 0. The van der Waals surface area contributed by atoms with Crippen LogP contribution in [0, 0.1) is 0 Å². The molecule has 0 unspecified atom stereocenters. The van der Waals surface area contributed by atoms with Gasteiger partial charge in [-0.15, -0.1) is 0 Å². The molecule has 0 aliphatic heterocycles. The molecule has 32 heavy (non-hydrogen) atoms. The monoisotopic (exact) mass is 459 g/mol. The van der Waals surface area contributed by atoms with Gasteiger partial charge in [-0.25, -0.2) is 0 Å². The maximum atomic E-state index is 15.3. The third-order valence-electron chi connectivity index (χ3n) is 5.46. The SMILES string of the molecule is CC(C)N(P(=O)(c1ccccc1)c1ccccc1)P(=O)(c1ccccc1)c1ccccc1. The van der Waals surface area contributed by atoms with Gasteiger partial charge in [0.05, 0.1) is 0 Å². The van der Waals surface area contributed by atoms with Crippen LogP contribution in [0.3, 0.4) is 0 Å². The van der Waals surface area contributed by atoms with Crippen LogP contribution in [0.25, 0.3) is 0 Å². The van der Waals surface area contributed by atoms with Crippen LogP contribution in [0.2, 0.25) is 0 Å². The average molecular weight is 459 g/mol. The lowest BCUT2D eigenvalue weighted by Gasteiger charge is -2.41. The van der Waals surface area contributed by atoms with E-state index in [-0.39, 0.29) is 6.04 Å². The van der Waals surface area contributed by atoms with Crippen LogP contribution in [-0.4, -0.2) is 10.5 Å². The molecule has 4 aromatic carbocycles. The summed E-state index contributed by atoms with van der Waals surface area (Å²) in [5.74, 6) is 0. The molecule has 0 heterocycles. The lowest BCUT2D eigenvalue weighted by molar-refractivity contribution is 0.475. The van der Waals surface area contributed by atoms with E-state index >= 15 is 9.13 Å². The molecule has 0 fully saturated rings. The molecule has 5 heteroatoms. The van der Waals surface area contributed by atoms with Crippen molar-refractivity contribution in [3.05, 3.63) is 121 Å². The van der Waals surface area contributed by atoms with E-state index in [1.807, 2.05) is 135 Å². The molecule has 0 aliphatic rings. The van der Waals surface area contributed by atoms with E-state index in [0.717, 1.165) is 0 Å².